The second kappa shape index (κ2) is 7.07. The maximum absolute atomic E-state index is 12.6. The largest absolute Gasteiger partial charge is 0.379 e. The van der Waals surface area contributed by atoms with E-state index in [1.165, 1.54) is 16.4 Å². The monoisotopic (exact) mass is 332 g/mol. The van der Waals surface area contributed by atoms with Crippen LogP contribution in [0.3, 0.4) is 0 Å². The highest BCUT2D eigenvalue weighted by molar-refractivity contribution is 7.89. The van der Waals surface area contributed by atoms with Gasteiger partial charge in [0.2, 0.25) is 10.0 Å². The van der Waals surface area contributed by atoms with Crippen molar-refractivity contribution in [2.45, 2.75) is 17.9 Å². The van der Waals surface area contributed by atoms with E-state index >= 15 is 0 Å². The van der Waals surface area contributed by atoms with Crippen LogP contribution >= 0.6 is 11.6 Å². The van der Waals surface area contributed by atoms with Crippen LogP contribution in [-0.2, 0) is 14.8 Å². The van der Waals surface area contributed by atoms with Gasteiger partial charge in [-0.25, -0.2) is 8.42 Å². The fourth-order valence-corrected chi connectivity index (χ4v) is 3.76. The molecule has 1 aliphatic heterocycles. The third-order valence-electron chi connectivity index (χ3n) is 3.74. The Morgan fingerprint density at radius 3 is 2.43 bits per heavy atom. The molecule has 1 aromatic carbocycles. The number of sulfonamides is 1. The first-order valence-electron chi connectivity index (χ1n) is 6.95. The number of morpholine rings is 1. The van der Waals surface area contributed by atoms with Gasteiger partial charge in [0.15, 0.2) is 0 Å². The third-order valence-corrected chi connectivity index (χ3v) is 5.98. The van der Waals surface area contributed by atoms with Gasteiger partial charge in [-0.3, -0.25) is 4.90 Å². The predicted molar refractivity (Wildman–Crippen MR) is 83.1 cm³/mol. The first-order chi connectivity index (χ1) is 9.91. The molecule has 0 aromatic heterocycles. The molecule has 2 rings (SSSR count). The highest BCUT2D eigenvalue weighted by Gasteiger charge is 2.27. The number of benzene rings is 1. The van der Waals surface area contributed by atoms with Crippen LogP contribution in [0.5, 0.6) is 0 Å². The Balaban J connectivity index is 2.06. The summed E-state index contributed by atoms with van der Waals surface area (Å²) in [5.41, 5.74) is 0. The molecule has 0 N–H and O–H groups in total. The van der Waals surface area contributed by atoms with Crippen molar-refractivity contribution >= 4 is 21.6 Å². The molecule has 1 atom stereocenters. The summed E-state index contributed by atoms with van der Waals surface area (Å²) in [6, 6.07) is 6.15. The van der Waals surface area contributed by atoms with Gasteiger partial charge in [-0.2, -0.15) is 4.31 Å². The molecule has 1 fully saturated rings. The minimum absolute atomic E-state index is 0.108. The Morgan fingerprint density at radius 1 is 1.29 bits per heavy atom. The summed E-state index contributed by atoms with van der Waals surface area (Å²) in [5.74, 6) is 0. The lowest BCUT2D eigenvalue weighted by atomic mass is 10.3. The van der Waals surface area contributed by atoms with Crippen LogP contribution in [-0.4, -0.2) is 63.6 Å². The van der Waals surface area contributed by atoms with Crippen molar-refractivity contribution in [3.63, 3.8) is 0 Å². The predicted octanol–water partition coefficient (Wildman–Crippen LogP) is 1.68. The molecule has 118 valence electrons. The summed E-state index contributed by atoms with van der Waals surface area (Å²) >= 11 is 5.81. The van der Waals surface area contributed by atoms with Gasteiger partial charge in [0.1, 0.15) is 0 Å². The molecular weight excluding hydrogens is 312 g/mol. The number of hydrogen-bond acceptors (Lipinski definition) is 4. The number of halogens is 1. The van der Waals surface area contributed by atoms with E-state index in [4.69, 9.17) is 16.3 Å². The van der Waals surface area contributed by atoms with Gasteiger partial charge in [0.05, 0.1) is 18.1 Å². The Morgan fingerprint density at radius 2 is 1.86 bits per heavy atom. The molecule has 1 saturated heterocycles. The standard InChI is InChI=1S/C14H21ClN2O3S/c1-12(11-17-7-9-20-10-8-17)16(2)21(18,19)14-5-3-13(15)4-6-14/h3-6,12H,7-11H2,1-2H3/t12-/m1/s1. The Bertz CT molecular complexity index is 556. The van der Waals surface area contributed by atoms with Crippen molar-refractivity contribution in [3.8, 4) is 0 Å². The van der Waals surface area contributed by atoms with Crippen LogP contribution in [0.15, 0.2) is 29.2 Å². The molecule has 1 heterocycles. The van der Waals surface area contributed by atoms with Crippen molar-refractivity contribution in [3.05, 3.63) is 29.3 Å². The van der Waals surface area contributed by atoms with E-state index in [1.54, 1.807) is 19.2 Å². The van der Waals surface area contributed by atoms with E-state index in [9.17, 15) is 8.42 Å². The minimum atomic E-state index is -3.49. The highest BCUT2D eigenvalue weighted by atomic mass is 35.5. The normalized spacial score (nSPS) is 18.9. The van der Waals surface area contributed by atoms with Crippen molar-refractivity contribution < 1.29 is 13.2 Å². The molecule has 1 aliphatic rings. The Hall–Kier alpha value is -0.660. The van der Waals surface area contributed by atoms with Gasteiger partial charge in [-0.15, -0.1) is 0 Å². The van der Waals surface area contributed by atoms with E-state index in [1.807, 2.05) is 6.92 Å². The molecule has 0 amide bonds. The topological polar surface area (TPSA) is 49.9 Å². The molecule has 0 aliphatic carbocycles. The first-order valence-corrected chi connectivity index (χ1v) is 8.77. The average molecular weight is 333 g/mol. The fourth-order valence-electron chi connectivity index (χ4n) is 2.28. The van der Waals surface area contributed by atoms with Gasteiger partial charge in [-0.05, 0) is 31.2 Å². The summed E-state index contributed by atoms with van der Waals surface area (Å²) in [4.78, 5) is 2.49. The molecule has 7 heteroatoms. The second-order valence-corrected chi connectivity index (χ2v) is 7.67. The Kier molecular flexibility index (Phi) is 5.62. The minimum Gasteiger partial charge on any atom is -0.379 e. The van der Waals surface area contributed by atoms with Gasteiger partial charge in [0.25, 0.3) is 0 Å². The zero-order chi connectivity index (χ0) is 15.5. The SMILES string of the molecule is C[C@H](CN1CCOCC1)N(C)S(=O)(=O)c1ccc(Cl)cc1. The van der Waals surface area contributed by atoms with Crippen molar-refractivity contribution in [1.29, 1.82) is 0 Å². The van der Waals surface area contributed by atoms with Crippen LogP contribution in [0, 0.1) is 0 Å². The number of likely N-dealkylation sites (N-methyl/N-ethyl adjacent to an activating group) is 1. The van der Waals surface area contributed by atoms with E-state index < -0.39 is 10.0 Å². The number of nitrogens with zero attached hydrogens (tertiary/aromatic N) is 2. The maximum atomic E-state index is 12.6. The van der Waals surface area contributed by atoms with Crippen molar-refractivity contribution in [2.24, 2.45) is 0 Å². The van der Waals surface area contributed by atoms with Crippen LogP contribution in [0.1, 0.15) is 6.92 Å². The number of ether oxygens (including phenoxy) is 1. The smallest absolute Gasteiger partial charge is 0.243 e. The lowest BCUT2D eigenvalue weighted by Gasteiger charge is -2.32. The Labute approximate surface area is 131 Å². The van der Waals surface area contributed by atoms with Crippen LogP contribution in [0.2, 0.25) is 5.02 Å². The van der Waals surface area contributed by atoms with Gasteiger partial charge in [0, 0.05) is 37.7 Å². The van der Waals surface area contributed by atoms with Crippen LogP contribution in [0.4, 0.5) is 0 Å². The molecule has 0 radical (unpaired) electrons. The summed E-state index contributed by atoms with van der Waals surface area (Å²) < 4.78 is 31.9. The van der Waals surface area contributed by atoms with Crippen LogP contribution < -0.4 is 0 Å². The molecule has 0 spiro atoms. The summed E-state index contributed by atoms with van der Waals surface area (Å²) in [6.07, 6.45) is 0. The summed E-state index contributed by atoms with van der Waals surface area (Å²) in [7, 11) is -1.87. The van der Waals surface area contributed by atoms with E-state index in [-0.39, 0.29) is 10.9 Å². The van der Waals surface area contributed by atoms with E-state index in [0.717, 1.165) is 13.1 Å². The zero-order valence-corrected chi connectivity index (χ0v) is 13.9. The third kappa shape index (κ3) is 4.17. The molecule has 5 nitrogen and oxygen atoms in total. The molecule has 0 unspecified atom stereocenters. The molecule has 1 aromatic rings. The quantitative estimate of drug-likeness (QED) is 0.823. The van der Waals surface area contributed by atoms with Gasteiger partial charge < -0.3 is 4.74 Å². The lowest BCUT2D eigenvalue weighted by Crippen LogP contribution is -2.46. The van der Waals surface area contributed by atoms with E-state index in [2.05, 4.69) is 4.90 Å². The zero-order valence-electron chi connectivity index (χ0n) is 12.3. The van der Waals surface area contributed by atoms with Crippen LogP contribution in [0.25, 0.3) is 0 Å². The lowest BCUT2D eigenvalue weighted by molar-refractivity contribution is 0.0314. The average Bonchev–Trinajstić information content (AvgIpc) is 2.48. The molecule has 21 heavy (non-hydrogen) atoms. The molecule has 0 bridgehead atoms. The number of rotatable bonds is 5. The summed E-state index contributed by atoms with van der Waals surface area (Å²) in [5, 5.41) is 0.526. The maximum Gasteiger partial charge on any atom is 0.243 e. The molecular formula is C14H21ClN2O3S. The second-order valence-electron chi connectivity index (χ2n) is 5.24. The highest BCUT2D eigenvalue weighted by Crippen LogP contribution is 2.19. The number of hydrogen-bond donors (Lipinski definition) is 0. The van der Waals surface area contributed by atoms with E-state index in [0.29, 0.717) is 24.8 Å². The first kappa shape index (κ1) is 16.7. The molecule has 0 saturated carbocycles. The van der Waals surface area contributed by atoms with Crippen molar-refractivity contribution in [2.75, 3.05) is 39.9 Å². The van der Waals surface area contributed by atoms with Crippen molar-refractivity contribution in [1.82, 2.24) is 9.21 Å². The van der Waals surface area contributed by atoms with Gasteiger partial charge >= 0.3 is 0 Å². The summed E-state index contributed by atoms with van der Waals surface area (Å²) in [6.45, 7) is 5.73. The van der Waals surface area contributed by atoms with Gasteiger partial charge in [-0.1, -0.05) is 11.6 Å². The fraction of sp³-hybridized carbons (Fsp3) is 0.571.